The second kappa shape index (κ2) is 7.39. The molecule has 1 aliphatic carbocycles. The van der Waals surface area contributed by atoms with Gasteiger partial charge in [0.15, 0.2) is 0 Å². The first-order valence-electron chi connectivity index (χ1n) is 6.37. The average Bonchev–Trinajstić information content (AvgIpc) is 2.82. The van der Waals surface area contributed by atoms with Crippen LogP contribution in [-0.4, -0.2) is 5.91 Å². The van der Waals surface area contributed by atoms with E-state index >= 15 is 0 Å². The summed E-state index contributed by atoms with van der Waals surface area (Å²) < 4.78 is 0. The standard InChI is InChI=1S/C14H20N2O.ClH/c15-10-12-5-7-13(8-6-12)16-14(17)9-11-3-1-2-4-11;/h5-8,11H,1-4,9-10,15H2,(H,16,17);1H. The summed E-state index contributed by atoms with van der Waals surface area (Å²) in [5.74, 6) is 0.732. The fourth-order valence-electron chi connectivity index (χ4n) is 2.41. The predicted molar refractivity (Wildman–Crippen MR) is 76.8 cm³/mol. The summed E-state index contributed by atoms with van der Waals surface area (Å²) >= 11 is 0. The van der Waals surface area contributed by atoms with Crippen molar-refractivity contribution in [3.63, 3.8) is 0 Å². The molecular formula is C14H21ClN2O. The lowest BCUT2D eigenvalue weighted by Gasteiger charge is -2.09. The third-order valence-electron chi connectivity index (χ3n) is 3.42. The monoisotopic (exact) mass is 268 g/mol. The minimum Gasteiger partial charge on any atom is -0.326 e. The molecule has 1 aromatic rings. The first kappa shape index (κ1) is 15.0. The van der Waals surface area contributed by atoms with Crippen LogP contribution in [0.25, 0.3) is 0 Å². The van der Waals surface area contributed by atoms with Crippen molar-refractivity contribution in [1.82, 2.24) is 0 Å². The van der Waals surface area contributed by atoms with Crippen molar-refractivity contribution in [3.05, 3.63) is 29.8 Å². The van der Waals surface area contributed by atoms with Crippen molar-refractivity contribution >= 4 is 24.0 Å². The number of anilines is 1. The normalized spacial score (nSPS) is 15.2. The number of amides is 1. The fourth-order valence-corrected chi connectivity index (χ4v) is 2.41. The topological polar surface area (TPSA) is 55.1 Å². The second-order valence-electron chi connectivity index (χ2n) is 4.80. The molecule has 1 amide bonds. The fraction of sp³-hybridized carbons (Fsp3) is 0.500. The van der Waals surface area contributed by atoms with Crippen LogP contribution in [0.2, 0.25) is 0 Å². The van der Waals surface area contributed by atoms with Crippen molar-refractivity contribution in [2.45, 2.75) is 38.6 Å². The zero-order valence-electron chi connectivity index (χ0n) is 10.5. The minimum absolute atomic E-state index is 0. The van der Waals surface area contributed by atoms with Gasteiger partial charge in [-0.15, -0.1) is 12.4 Å². The maximum atomic E-state index is 11.8. The van der Waals surface area contributed by atoms with Crippen LogP contribution in [-0.2, 0) is 11.3 Å². The van der Waals surface area contributed by atoms with Crippen molar-refractivity contribution < 1.29 is 4.79 Å². The maximum absolute atomic E-state index is 11.8. The SMILES string of the molecule is Cl.NCc1ccc(NC(=O)CC2CCCC2)cc1. The van der Waals surface area contributed by atoms with Crippen molar-refractivity contribution in [2.75, 3.05) is 5.32 Å². The number of nitrogens with one attached hydrogen (secondary N) is 1. The smallest absolute Gasteiger partial charge is 0.224 e. The molecule has 0 saturated heterocycles. The van der Waals surface area contributed by atoms with E-state index in [2.05, 4.69) is 5.32 Å². The van der Waals surface area contributed by atoms with Gasteiger partial charge in [0, 0.05) is 18.7 Å². The largest absolute Gasteiger partial charge is 0.326 e. The highest BCUT2D eigenvalue weighted by Gasteiger charge is 2.18. The lowest BCUT2D eigenvalue weighted by Crippen LogP contribution is -2.15. The Morgan fingerprint density at radius 2 is 1.83 bits per heavy atom. The first-order valence-corrected chi connectivity index (χ1v) is 6.37. The van der Waals surface area contributed by atoms with Gasteiger partial charge in [-0.2, -0.15) is 0 Å². The zero-order chi connectivity index (χ0) is 12.1. The molecule has 0 aliphatic heterocycles. The van der Waals surface area contributed by atoms with Crippen LogP contribution in [0.3, 0.4) is 0 Å². The molecular weight excluding hydrogens is 248 g/mol. The Morgan fingerprint density at radius 1 is 1.22 bits per heavy atom. The molecule has 2 rings (SSSR count). The van der Waals surface area contributed by atoms with E-state index in [1.165, 1.54) is 25.7 Å². The molecule has 0 atom stereocenters. The molecule has 0 spiro atoms. The summed E-state index contributed by atoms with van der Waals surface area (Å²) in [6.45, 7) is 0.538. The van der Waals surface area contributed by atoms with Gasteiger partial charge >= 0.3 is 0 Å². The van der Waals surface area contributed by atoms with Crippen LogP contribution in [0.5, 0.6) is 0 Å². The molecule has 1 saturated carbocycles. The minimum atomic E-state index is 0. The molecule has 3 N–H and O–H groups in total. The first-order chi connectivity index (χ1) is 8.28. The molecule has 3 nitrogen and oxygen atoms in total. The molecule has 0 bridgehead atoms. The number of rotatable bonds is 4. The lowest BCUT2D eigenvalue weighted by atomic mass is 10.0. The third kappa shape index (κ3) is 4.31. The Morgan fingerprint density at radius 3 is 2.39 bits per heavy atom. The molecule has 0 unspecified atom stereocenters. The van der Waals surface area contributed by atoms with E-state index in [9.17, 15) is 4.79 Å². The van der Waals surface area contributed by atoms with Crippen molar-refractivity contribution in [1.29, 1.82) is 0 Å². The van der Waals surface area contributed by atoms with Crippen molar-refractivity contribution in [3.8, 4) is 0 Å². The Kier molecular flexibility index (Phi) is 6.16. The average molecular weight is 269 g/mol. The highest BCUT2D eigenvalue weighted by atomic mass is 35.5. The van der Waals surface area contributed by atoms with Gasteiger partial charge in [-0.25, -0.2) is 0 Å². The number of benzene rings is 1. The second-order valence-corrected chi connectivity index (χ2v) is 4.80. The van der Waals surface area contributed by atoms with Crippen LogP contribution in [0.1, 0.15) is 37.7 Å². The molecule has 1 fully saturated rings. The number of halogens is 1. The Balaban J connectivity index is 0.00000162. The van der Waals surface area contributed by atoms with E-state index in [-0.39, 0.29) is 18.3 Å². The van der Waals surface area contributed by atoms with Crippen LogP contribution in [0.4, 0.5) is 5.69 Å². The van der Waals surface area contributed by atoms with E-state index in [4.69, 9.17) is 5.73 Å². The molecule has 100 valence electrons. The number of carbonyl (C=O) groups excluding carboxylic acids is 1. The van der Waals surface area contributed by atoms with E-state index in [0.717, 1.165) is 11.3 Å². The maximum Gasteiger partial charge on any atom is 0.224 e. The van der Waals surface area contributed by atoms with Gasteiger partial charge in [-0.05, 0) is 36.5 Å². The van der Waals surface area contributed by atoms with Gasteiger partial charge in [0.25, 0.3) is 0 Å². The van der Waals surface area contributed by atoms with E-state index in [1.807, 2.05) is 24.3 Å². The van der Waals surface area contributed by atoms with E-state index < -0.39 is 0 Å². The number of carbonyl (C=O) groups is 1. The van der Waals surface area contributed by atoms with Crippen LogP contribution < -0.4 is 11.1 Å². The summed E-state index contributed by atoms with van der Waals surface area (Å²) in [5.41, 5.74) is 7.47. The summed E-state index contributed by atoms with van der Waals surface area (Å²) in [6, 6.07) is 7.72. The molecule has 1 aliphatic rings. The predicted octanol–water partition coefficient (Wildman–Crippen LogP) is 3.09. The molecule has 0 heterocycles. The van der Waals surface area contributed by atoms with Crippen LogP contribution in [0, 0.1) is 5.92 Å². The van der Waals surface area contributed by atoms with Gasteiger partial charge in [0.1, 0.15) is 0 Å². The van der Waals surface area contributed by atoms with Gasteiger partial charge in [-0.1, -0.05) is 25.0 Å². The van der Waals surface area contributed by atoms with Crippen molar-refractivity contribution in [2.24, 2.45) is 11.7 Å². The van der Waals surface area contributed by atoms with E-state index in [0.29, 0.717) is 18.9 Å². The van der Waals surface area contributed by atoms with Crippen LogP contribution in [0.15, 0.2) is 24.3 Å². The number of hydrogen-bond donors (Lipinski definition) is 2. The number of hydrogen-bond acceptors (Lipinski definition) is 2. The van der Waals surface area contributed by atoms with E-state index in [1.54, 1.807) is 0 Å². The highest BCUT2D eigenvalue weighted by Crippen LogP contribution is 2.27. The Bertz CT molecular complexity index is 372. The van der Waals surface area contributed by atoms with Gasteiger partial charge in [-0.3, -0.25) is 4.79 Å². The summed E-state index contributed by atoms with van der Waals surface area (Å²) in [6.07, 6.45) is 5.64. The number of nitrogens with two attached hydrogens (primary N) is 1. The Labute approximate surface area is 115 Å². The Hall–Kier alpha value is -1.06. The zero-order valence-corrected chi connectivity index (χ0v) is 11.3. The summed E-state index contributed by atoms with van der Waals surface area (Å²) in [7, 11) is 0. The van der Waals surface area contributed by atoms with Crippen LogP contribution >= 0.6 is 12.4 Å². The summed E-state index contributed by atoms with van der Waals surface area (Å²) in [4.78, 5) is 11.8. The molecule has 1 aromatic carbocycles. The van der Waals surface area contributed by atoms with Gasteiger partial charge in [0.05, 0.1) is 0 Å². The van der Waals surface area contributed by atoms with Gasteiger partial charge in [0.2, 0.25) is 5.91 Å². The molecule has 18 heavy (non-hydrogen) atoms. The quantitative estimate of drug-likeness (QED) is 0.882. The highest BCUT2D eigenvalue weighted by molar-refractivity contribution is 5.90. The molecule has 0 aromatic heterocycles. The molecule has 0 radical (unpaired) electrons. The lowest BCUT2D eigenvalue weighted by molar-refractivity contribution is -0.117. The molecule has 4 heteroatoms. The third-order valence-corrected chi connectivity index (χ3v) is 3.42. The summed E-state index contributed by atoms with van der Waals surface area (Å²) in [5, 5.41) is 2.94. The van der Waals surface area contributed by atoms with Gasteiger partial charge < -0.3 is 11.1 Å².